The van der Waals surface area contributed by atoms with Gasteiger partial charge in [0.1, 0.15) is 5.60 Å². The van der Waals surface area contributed by atoms with Crippen molar-refractivity contribution in [3.63, 3.8) is 0 Å². The first-order valence-corrected chi connectivity index (χ1v) is 11.3. The van der Waals surface area contributed by atoms with Crippen LogP contribution in [-0.4, -0.2) is 57.4 Å². The fraction of sp³-hybridized carbons (Fsp3) is 0.882. The van der Waals surface area contributed by atoms with Crippen molar-refractivity contribution in [2.24, 2.45) is 10.9 Å². The highest BCUT2D eigenvalue weighted by molar-refractivity contribution is 6.74. The van der Waals surface area contributed by atoms with E-state index in [1.807, 2.05) is 27.0 Å². The average molecular weight is 343 g/mol. The van der Waals surface area contributed by atoms with Crippen molar-refractivity contribution < 1.29 is 14.0 Å². The minimum absolute atomic E-state index is 0.00731. The zero-order valence-electron chi connectivity index (χ0n) is 16.3. The van der Waals surface area contributed by atoms with E-state index < -0.39 is 13.9 Å². The molecule has 23 heavy (non-hydrogen) atoms. The molecule has 1 rings (SSSR count). The summed E-state index contributed by atoms with van der Waals surface area (Å²) in [5.41, 5.74) is -0.482. The molecule has 0 aromatic rings. The van der Waals surface area contributed by atoms with Gasteiger partial charge in [0.15, 0.2) is 8.32 Å². The Morgan fingerprint density at radius 2 is 1.74 bits per heavy atom. The van der Waals surface area contributed by atoms with Crippen LogP contribution < -0.4 is 0 Å². The molecule has 1 fully saturated rings. The van der Waals surface area contributed by atoms with E-state index in [0.717, 1.165) is 0 Å². The Kier molecular flexibility index (Phi) is 6.07. The molecule has 0 spiro atoms. The van der Waals surface area contributed by atoms with E-state index in [-0.39, 0.29) is 23.2 Å². The Bertz CT molecular complexity index is 450. The number of hydrogen-bond donors (Lipinski definition) is 0. The van der Waals surface area contributed by atoms with Crippen LogP contribution in [0.4, 0.5) is 4.79 Å². The van der Waals surface area contributed by atoms with Gasteiger partial charge in [-0.15, -0.1) is 0 Å². The Labute approximate surface area is 142 Å². The van der Waals surface area contributed by atoms with E-state index in [1.165, 1.54) is 0 Å². The number of carbonyl (C=O) groups excluding carboxylic acids is 1. The molecular formula is C17H34N2O3Si. The highest BCUT2D eigenvalue weighted by atomic mass is 28.4. The van der Waals surface area contributed by atoms with E-state index in [9.17, 15) is 4.79 Å². The number of carbonyl (C=O) groups is 1. The molecule has 0 N–H and O–H groups in total. The lowest BCUT2D eigenvalue weighted by Crippen LogP contribution is -2.46. The van der Waals surface area contributed by atoms with Gasteiger partial charge in [-0.1, -0.05) is 20.8 Å². The van der Waals surface area contributed by atoms with Crippen LogP contribution in [0.15, 0.2) is 4.99 Å². The lowest BCUT2D eigenvalue weighted by molar-refractivity contribution is 0.0272. The maximum absolute atomic E-state index is 12.3. The van der Waals surface area contributed by atoms with Gasteiger partial charge in [0.2, 0.25) is 0 Å². The molecule has 0 aromatic carbocycles. The van der Waals surface area contributed by atoms with E-state index in [0.29, 0.717) is 13.1 Å². The maximum atomic E-state index is 12.3. The minimum Gasteiger partial charge on any atom is -0.444 e. The number of rotatable bonds is 3. The molecule has 1 heterocycles. The van der Waals surface area contributed by atoms with E-state index in [2.05, 4.69) is 38.9 Å². The Morgan fingerprint density at radius 1 is 1.17 bits per heavy atom. The monoisotopic (exact) mass is 342 g/mol. The molecule has 0 aromatic heterocycles. The molecule has 2 atom stereocenters. The smallest absolute Gasteiger partial charge is 0.410 e. The Hall–Kier alpha value is -0.883. The Balaban J connectivity index is 2.85. The number of ether oxygens (including phenoxy) is 1. The van der Waals surface area contributed by atoms with Crippen LogP contribution in [0.5, 0.6) is 0 Å². The summed E-state index contributed by atoms with van der Waals surface area (Å²) in [6.07, 6.45) is 1.63. The van der Waals surface area contributed by atoms with Gasteiger partial charge in [0.25, 0.3) is 0 Å². The topological polar surface area (TPSA) is 51.1 Å². The molecular weight excluding hydrogens is 308 g/mol. The molecule has 1 amide bonds. The standard InChI is InChI=1S/C17H34N2O3Si/c1-16(2,3)21-15(20)19-11-13(10-18-7)14(12-19)22-23(8,9)17(4,5)6/h10,13-14H,11-12H2,1-9H3. The highest BCUT2D eigenvalue weighted by Gasteiger charge is 2.44. The first-order chi connectivity index (χ1) is 10.3. The lowest BCUT2D eigenvalue weighted by atomic mass is 10.1. The third kappa shape index (κ3) is 5.60. The SMILES string of the molecule is CN=CC1CN(C(=O)OC(C)(C)C)CC1O[Si](C)(C)C(C)(C)C. The summed E-state index contributed by atoms with van der Waals surface area (Å²) in [6, 6.07) is 0. The summed E-state index contributed by atoms with van der Waals surface area (Å²) in [5.74, 6) is 0.127. The summed E-state index contributed by atoms with van der Waals surface area (Å²) in [7, 11) is -0.129. The van der Waals surface area contributed by atoms with Crippen LogP contribution in [0.2, 0.25) is 18.1 Å². The van der Waals surface area contributed by atoms with E-state index in [1.54, 1.807) is 11.9 Å². The number of amides is 1. The molecule has 5 nitrogen and oxygen atoms in total. The van der Waals surface area contributed by atoms with Crippen molar-refractivity contribution >= 4 is 20.6 Å². The van der Waals surface area contributed by atoms with Crippen molar-refractivity contribution in [1.82, 2.24) is 4.90 Å². The second-order valence-corrected chi connectivity index (χ2v) is 13.6. The first kappa shape index (κ1) is 20.2. The second-order valence-electron chi connectivity index (χ2n) is 8.87. The predicted octanol–water partition coefficient (Wildman–Crippen LogP) is 3.94. The largest absolute Gasteiger partial charge is 0.444 e. The van der Waals surface area contributed by atoms with Crippen molar-refractivity contribution in [1.29, 1.82) is 0 Å². The molecule has 6 heteroatoms. The van der Waals surface area contributed by atoms with Crippen LogP contribution >= 0.6 is 0 Å². The maximum Gasteiger partial charge on any atom is 0.410 e. The number of likely N-dealkylation sites (tertiary alicyclic amines) is 1. The zero-order valence-corrected chi connectivity index (χ0v) is 17.3. The van der Waals surface area contributed by atoms with Gasteiger partial charge < -0.3 is 19.1 Å². The van der Waals surface area contributed by atoms with Gasteiger partial charge in [-0.2, -0.15) is 0 Å². The minimum atomic E-state index is -1.89. The second kappa shape index (κ2) is 6.93. The van der Waals surface area contributed by atoms with Crippen LogP contribution in [0, 0.1) is 5.92 Å². The quantitative estimate of drug-likeness (QED) is 0.576. The molecule has 1 aliphatic heterocycles. The summed E-state index contributed by atoms with van der Waals surface area (Å²) < 4.78 is 12.0. The third-order valence-corrected chi connectivity index (χ3v) is 9.06. The molecule has 0 radical (unpaired) electrons. The van der Waals surface area contributed by atoms with E-state index in [4.69, 9.17) is 9.16 Å². The molecule has 0 aliphatic carbocycles. The van der Waals surface area contributed by atoms with Crippen LogP contribution in [-0.2, 0) is 9.16 Å². The van der Waals surface area contributed by atoms with Crippen LogP contribution in [0.3, 0.4) is 0 Å². The van der Waals surface area contributed by atoms with Gasteiger partial charge in [-0.3, -0.25) is 0 Å². The molecule has 0 saturated carbocycles. The number of hydrogen-bond acceptors (Lipinski definition) is 4. The van der Waals surface area contributed by atoms with Crippen LogP contribution in [0.25, 0.3) is 0 Å². The van der Waals surface area contributed by atoms with Crippen molar-refractivity contribution in [2.45, 2.75) is 71.4 Å². The molecule has 1 aliphatic rings. The average Bonchev–Trinajstić information content (AvgIpc) is 2.69. The van der Waals surface area contributed by atoms with Gasteiger partial charge >= 0.3 is 6.09 Å². The summed E-state index contributed by atoms with van der Waals surface area (Å²) in [5, 5.41) is 0.139. The molecule has 2 unspecified atom stereocenters. The summed E-state index contributed by atoms with van der Waals surface area (Å²) >= 11 is 0. The van der Waals surface area contributed by atoms with Crippen LogP contribution in [0.1, 0.15) is 41.5 Å². The zero-order chi connectivity index (χ0) is 18.1. The fourth-order valence-electron chi connectivity index (χ4n) is 2.29. The molecule has 134 valence electrons. The molecule has 1 saturated heterocycles. The summed E-state index contributed by atoms with van der Waals surface area (Å²) in [6.45, 7) is 18.0. The van der Waals surface area contributed by atoms with E-state index >= 15 is 0 Å². The predicted molar refractivity (Wildman–Crippen MR) is 97.8 cm³/mol. The van der Waals surface area contributed by atoms with Crippen molar-refractivity contribution in [3.8, 4) is 0 Å². The van der Waals surface area contributed by atoms with Gasteiger partial charge in [0.05, 0.1) is 6.10 Å². The molecule has 0 bridgehead atoms. The highest BCUT2D eigenvalue weighted by Crippen LogP contribution is 2.39. The Morgan fingerprint density at radius 3 is 2.17 bits per heavy atom. The number of nitrogens with zero attached hydrogens (tertiary/aromatic N) is 2. The first-order valence-electron chi connectivity index (χ1n) is 8.35. The van der Waals surface area contributed by atoms with Crippen molar-refractivity contribution in [3.05, 3.63) is 0 Å². The van der Waals surface area contributed by atoms with Gasteiger partial charge in [0, 0.05) is 32.3 Å². The van der Waals surface area contributed by atoms with Crippen molar-refractivity contribution in [2.75, 3.05) is 20.1 Å². The summed E-state index contributed by atoms with van der Waals surface area (Å²) in [4.78, 5) is 18.2. The van der Waals surface area contributed by atoms with Gasteiger partial charge in [-0.25, -0.2) is 4.79 Å². The fourth-order valence-corrected chi connectivity index (χ4v) is 3.65. The lowest BCUT2D eigenvalue weighted by Gasteiger charge is -2.39. The number of aliphatic imine (C=N–C) groups is 1. The normalized spacial score (nSPS) is 23.6. The third-order valence-electron chi connectivity index (χ3n) is 4.55. The van der Waals surface area contributed by atoms with Gasteiger partial charge in [-0.05, 0) is 38.9 Å².